The molecule has 0 amide bonds. The third kappa shape index (κ3) is 1.51. The van der Waals surface area contributed by atoms with Crippen LogP contribution in [0.4, 0.5) is 0 Å². The first kappa shape index (κ1) is 14.1. The van der Waals surface area contributed by atoms with Gasteiger partial charge >= 0.3 is 0 Å². The minimum absolute atomic E-state index is 0.0655. The maximum atomic E-state index is 4.85. The van der Waals surface area contributed by atoms with Crippen LogP contribution in [-0.2, 0) is 5.41 Å². The SMILES string of the molecule is CC1(C)c2ccccc2-c2c1c1ncccc1c1c2[nH]c2ccccc21. The van der Waals surface area contributed by atoms with E-state index in [0.717, 1.165) is 5.52 Å². The Morgan fingerprint density at radius 3 is 2.54 bits per heavy atom. The lowest BCUT2D eigenvalue weighted by molar-refractivity contribution is 0.665. The van der Waals surface area contributed by atoms with Crippen molar-refractivity contribution < 1.29 is 0 Å². The Hall–Kier alpha value is -3.13. The maximum absolute atomic E-state index is 4.85. The van der Waals surface area contributed by atoms with Crippen molar-refractivity contribution in [2.75, 3.05) is 0 Å². The van der Waals surface area contributed by atoms with Crippen molar-refractivity contribution >= 4 is 32.7 Å². The summed E-state index contributed by atoms with van der Waals surface area (Å²) in [6, 6.07) is 21.6. The summed E-state index contributed by atoms with van der Waals surface area (Å²) in [6.45, 7) is 4.64. The van der Waals surface area contributed by atoms with Gasteiger partial charge in [-0.1, -0.05) is 62.4 Å². The van der Waals surface area contributed by atoms with Gasteiger partial charge in [-0.25, -0.2) is 0 Å². The Labute approximate surface area is 151 Å². The van der Waals surface area contributed by atoms with E-state index in [0.29, 0.717) is 0 Å². The number of H-pyrrole nitrogens is 1. The van der Waals surface area contributed by atoms with Crippen molar-refractivity contribution in [1.29, 1.82) is 0 Å². The van der Waals surface area contributed by atoms with Gasteiger partial charge in [-0.15, -0.1) is 0 Å². The molecule has 0 aliphatic heterocycles. The molecule has 2 aromatic heterocycles. The average molecular weight is 334 g/mol. The molecule has 2 heteroatoms. The van der Waals surface area contributed by atoms with E-state index in [9.17, 15) is 0 Å². The fraction of sp³-hybridized carbons (Fsp3) is 0.125. The van der Waals surface area contributed by atoms with Gasteiger partial charge in [0.2, 0.25) is 0 Å². The van der Waals surface area contributed by atoms with E-state index >= 15 is 0 Å². The smallest absolute Gasteiger partial charge is 0.0756 e. The Morgan fingerprint density at radius 1 is 0.846 bits per heavy atom. The molecule has 1 N–H and O–H groups in total. The molecule has 0 atom stereocenters. The Balaban J connectivity index is 1.99. The average Bonchev–Trinajstić information content (AvgIpc) is 3.16. The van der Waals surface area contributed by atoms with Crippen molar-refractivity contribution in [3.05, 3.63) is 78.0 Å². The maximum Gasteiger partial charge on any atom is 0.0756 e. The molecular weight excluding hydrogens is 316 g/mol. The van der Waals surface area contributed by atoms with Crippen LogP contribution in [-0.4, -0.2) is 9.97 Å². The molecule has 0 spiro atoms. The van der Waals surface area contributed by atoms with Gasteiger partial charge in [0.1, 0.15) is 0 Å². The van der Waals surface area contributed by atoms with Crippen molar-refractivity contribution in [3.63, 3.8) is 0 Å². The molecule has 0 radical (unpaired) electrons. The van der Waals surface area contributed by atoms with E-state index in [1.807, 2.05) is 12.3 Å². The summed E-state index contributed by atoms with van der Waals surface area (Å²) in [5.74, 6) is 0. The van der Waals surface area contributed by atoms with Crippen LogP contribution in [0.1, 0.15) is 25.0 Å². The van der Waals surface area contributed by atoms with Gasteiger partial charge in [0, 0.05) is 38.9 Å². The molecule has 2 nitrogen and oxygen atoms in total. The zero-order valence-electron chi connectivity index (χ0n) is 14.8. The highest BCUT2D eigenvalue weighted by Gasteiger charge is 2.39. The topological polar surface area (TPSA) is 28.7 Å². The third-order valence-corrected chi connectivity index (χ3v) is 6.01. The molecule has 124 valence electrons. The molecule has 1 aliphatic rings. The van der Waals surface area contributed by atoms with E-state index in [1.54, 1.807) is 0 Å². The molecule has 0 fully saturated rings. The van der Waals surface area contributed by atoms with Crippen LogP contribution in [0.5, 0.6) is 0 Å². The molecule has 3 aromatic carbocycles. The van der Waals surface area contributed by atoms with E-state index in [1.165, 1.54) is 49.4 Å². The minimum Gasteiger partial charge on any atom is -0.354 e. The lowest BCUT2D eigenvalue weighted by Crippen LogP contribution is -2.15. The van der Waals surface area contributed by atoms with Crippen LogP contribution in [0.3, 0.4) is 0 Å². The molecule has 2 heterocycles. The van der Waals surface area contributed by atoms with Crippen molar-refractivity contribution in [3.8, 4) is 11.1 Å². The zero-order chi connectivity index (χ0) is 17.5. The lowest BCUT2D eigenvalue weighted by Gasteiger charge is -2.22. The second-order valence-electron chi connectivity index (χ2n) is 7.74. The number of aromatic nitrogens is 2. The predicted molar refractivity (Wildman–Crippen MR) is 109 cm³/mol. The molecule has 0 bridgehead atoms. The van der Waals surface area contributed by atoms with E-state index < -0.39 is 0 Å². The van der Waals surface area contributed by atoms with Gasteiger partial charge in [-0.2, -0.15) is 0 Å². The second kappa shape index (κ2) is 4.53. The predicted octanol–water partition coefficient (Wildman–Crippen LogP) is 6.18. The highest BCUT2D eigenvalue weighted by Crippen LogP contribution is 2.54. The normalized spacial score (nSPS) is 14.8. The Morgan fingerprint density at radius 2 is 1.62 bits per heavy atom. The molecule has 1 aliphatic carbocycles. The molecule has 6 rings (SSSR count). The quantitative estimate of drug-likeness (QED) is 0.360. The van der Waals surface area contributed by atoms with E-state index in [-0.39, 0.29) is 5.41 Å². The largest absolute Gasteiger partial charge is 0.354 e. The second-order valence-corrected chi connectivity index (χ2v) is 7.74. The van der Waals surface area contributed by atoms with Gasteiger partial charge < -0.3 is 4.98 Å². The number of benzene rings is 3. The third-order valence-electron chi connectivity index (χ3n) is 6.01. The Bertz CT molecular complexity index is 1360. The lowest BCUT2D eigenvalue weighted by atomic mass is 9.81. The summed E-state index contributed by atoms with van der Waals surface area (Å²) in [6.07, 6.45) is 1.92. The van der Waals surface area contributed by atoms with Gasteiger partial charge in [0.15, 0.2) is 0 Å². The van der Waals surface area contributed by atoms with Gasteiger partial charge in [0.05, 0.1) is 11.0 Å². The summed E-state index contributed by atoms with van der Waals surface area (Å²) in [5, 5.41) is 3.79. The molecule has 0 saturated heterocycles. The standard InChI is InChI=1S/C24H18N2/c1-24(2)17-11-5-3-8-14(17)20-21(24)22-16(10-7-13-25-22)19-15-9-4-6-12-18(15)26-23(19)20/h3-13,26H,1-2H3. The number of nitrogens with one attached hydrogen (secondary N) is 1. The van der Waals surface area contributed by atoms with Crippen LogP contribution < -0.4 is 0 Å². The Kier molecular flexibility index (Phi) is 2.45. The molecule has 26 heavy (non-hydrogen) atoms. The summed E-state index contributed by atoms with van der Waals surface area (Å²) in [7, 11) is 0. The van der Waals surface area contributed by atoms with E-state index in [2.05, 4.69) is 73.4 Å². The number of aromatic amines is 1. The number of hydrogen-bond donors (Lipinski definition) is 1. The number of nitrogens with zero attached hydrogens (tertiary/aromatic N) is 1. The fourth-order valence-electron chi connectivity index (χ4n) is 4.92. The van der Waals surface area contributed by atoms with Crippen molar-refractivity contribution in [2.24, 2.45) is 0 Å². The molecular formula is C24H18N2. The minimum atomic E-state index is -0.0655. The number of rotatable bonds is 0. The molecule has 5 aromatic rings. The zero-order valence-corrected chi connectivity index (χ0v) is 14.8. The van der Waals surface area contributed by atoms with Gasteiger partial charge in [0.25, 0.3) is 0 Å². The summed E-state index contributed by atoms with van der Waals surface area (Å²) in [4.78, 5) is 8.58. The molecule has 0 saturated carbocycles. The highest BCUT2D eigenvalue weighted by molar-refractivity contribution is 6.25. The first-order valence-electron chi connectivity index (χ1n) is 9.09. The first-order valence-corrected chi connectivity index (χ1v) is 9.09. The first-order chi connectivity index (χ1) is 12.7. The van der Waals surface area contributed by atoms with Crippen molar-refractivity contribution in [1.82, 2.24) is 9.97 Å². The van der Waals surface area contributed by atoms with E-state index in [4.69, 9.17) is 4.98 Å². The van der Waals surface area contributed by atoms with Gasteiger partial charge in [-0.05, 0) is 28.8 Å². The fourth-order valence-corrected chi connectivity index (χ4v) is 4.92. The number of pyridine rings is 1. The van der Waals surface area contributed by atoms with Crippen LogP contribution in [0, 0.1) is 0 Å². The summed E-state index contributed by atoms with van der Waals surface area (Å²) in [5.41, 5.74) is 8.86. The van der Waals surface area contributed by atoms with Gasteiger partial charge in [-0.3, -0.25) is 4.98 Å². The summed E-state index contributed by atoms with van der Waals surface area (Å²) < 4.78 is 0. The molecule has 0 unspecified atom stereocenters. The van der Waals surface area contributed by atoms with Crippen LogP contribution in [0.25, 0.3) is 43.8 Å². The van der Waals surface area contributed by atoms with Crippen LogP contribution >= 0.6 is 0 Å². The summed E-state index contributed by atoms with van der Waals surface area (Å²) >= 11 is 0. The number of hydrogen-bond acceptors (Lipinski definition) is 1. The monoisotopic (exact) mass is 334 g/mol. The van der Waals surface area contributed by atoms with Crippen LogP contribution in [0.2, 0.25) is 0 Å². The highest BCUT2D eigenvalue weighted by atomic mass is 14.7. The van der Waals surface area contributed by atoms with Crippen molar-refractivity contribution in [2.45, 2.75) is 19.3 Å². The number of para-hydroxylation sites is 1. The van der Waals surface area contributed by atoms with Crippen LogP contribution in [0.15, 0.2) is 66.9 Å². The number of fused-ring (bicyclic) bond motifs is 10.